The number of anilines is 1. The van der Waals surface area contributed by atoms with E-state index in [0.29, 0.717) is 31.1 Å². The number of sulfonamides is 1. The summed E-state index contributed by atoms with van der Waals surface area (Å²) < 4.78 is 32.1. The summed E-state index contributed by atoms with van der Waals surface area (Å²) in [4.78, 5) is 12.5. The van der Waals surface area contributed by atoms with Gasteiger partial charge in [0, 0.05) is 19.2 Å². The second-order valence-corrected chi connectivity index (χ2v) is 8.26. The van der Waals surface area contributed by atoms with E-state index >= 15 is 0 Å². The Morgan fingerprint density at radius 3 is 2.31 bits per heavy atom. The lowest BCUT2D eigenvalue weighted by atomic mass is 10.2. The van der Waals surface area contributed by atoms with Crippen molar-refractivity contribution in [1.29, 1.82) is 0 Å². The number of para-hydroxylation sites is 2. The molecule has 29 heavy (non-hydrogen) atoms. The summed E-state index contributed by atoms with van der Waals surface area (Å²) in [5, 5.41) is 2.80. The maximum Gasteiger partial charge on any atom is 0.248 e. The lowest BCUT2D eigenvalue weighted by molar-refractivity contribution is -0.111. The normalized spacial score (nSPS) is 11.7. The summed E-state index contributed by atoms with van der Waals surface area (Å²) in [6.07, 6.45) is 3.92. The van der Waals surface area contributed by atoms with Gasteiger partial charge in [0.15, 0.2) is 0 Å². The Hall–Kier alpha value is -2.64. The van der Waals surface area contributed by atoms with E-state index in [-0.39, 0.29) is 10.8 Å². The molecule has 0 fully saturated rings. The van der Waals surface area contributed by atoms with E-state index < -0.39 is 10.0 Å². The number of rotatable bonds is 10. The first-order valence-corrected chi connectivity index (χ1v) is 11.2. The molecule has 0 aromatic heterocycles. The highest BCUT2D eigenvalue weighted by Crippen LogP contribution is 2.24. The summed E-state index contributed by atoms with van der Waals surface area (Å²) in [6.45, 7) is 7.05. The smallest absolute Gasteiger partial charge is 0.248 e. The Kier molecular flexibility index (Phi) is 8.42. The minimum atomic E-state index is -3.49. The Balaban J connectivity index is 2.06. The van der Waals surface area contributed by atoms with Gasteiger partial charge in [-0.15, -0.1) is 0 Å². The van der Waals surface area contributed by atoms with Crippen LogP contribution in [0.15, 0.2) is 59.5 Å². The number of ether oxygens (including phenoxy) is 1. The fourth-order valence-corrected chi connectivity index (χ4v) is 4.18. The number of carbonyl (C=O) groups excluding carboxylic acids is 1. The molecule has 0 aliphatic rings. The van der Waals surface area contributed by atoms with Gasteiger partial charge in [-0.05, 0) is 42.3 Å². The van der Waals surface area contributed by atoms with Crippen molar-refractivity contribution in [1.82, 2.24) is 4.31 Å². The second kappa shape index (κ2) is 10.8. The van der Waals surface area contributed by atoms with Crippen molar-refractivity contribution >= 4 is 27.7 Å². The molecule has 0 saturated heterocycles. The molecule has 0 unspecified atom stereocenters. The van der Waals surface area contributed by atoms with Crippen LogP contribution in [0.5, 0.6) is 5.75 Å². The molecule has 1 N–H and O–H groups in total. The zero-order valence-corrected chi connectivity index (χ0v) is 17.9. The van der Waals surface area contributed by atoms with Crippen molar-refractivity contribution in [2.24, 2.45) is 0 Å². The first kappa shape index (κ1) is 22.6. The quantitative estimate of drug-likeness (QED) is 0.590. The molecule has 0 saturated carbocycles. The van der Waals surface area contributed by atoms with Crippen molar-refractivity contribution in [3.63, 3.8) is 0 Å². The number of nitrogens with zero attached hydrogens (tertiary/aromatic N) is 1. The Morgan fingerprint density at radius 1 is 1.03 bits per heavy atom. The van der Waals surface area contributed by atoms with Crippen molar-refractivity contribution in [3.8, 4) is 5.75 Å². The van der Waals surface area contributed by atoms with Gasteiger partial charge in [0.25, 0.3) is 0 Å². The van der Waals surface area contributed by atoms with Crippen LogP contribution in [0.3, 0.4) is 0 Å². The van der Waals surface area contributed by atoms with Gasteiger partial charge < -0.3 is 10.1 Å². The lowest BCUT2D eigenvalue weighted by Gasteiger charge is -2.18. The maximum atomic E-state index is 12.5. The molecule has 0 aliphatic heterocycles. The SMILES string of the molecule is CCCOc1ccccc1NC(=O)/C=C/c1ccc(S(=O)(=O)N(CC)CC)cc1. The lowest BCUT2D eigenvalue weighted by Crippen LogP contribution is -2.30. The van der Waals surface area contributed by atoms with E-state index in [2.05, 4.69) is 5.32 Å². The molecule has 0 bridgehead atoms. The summed E-state index contributed by atoms with van der Waals surface area (Å²) in [5.41, 5.74) is 1.34. The van der Waals surface area contributed by atoms with Crippen molar-refractivity contribution in [2.75, 3.05) is 25.0 Å². The van der Waals surface area contributed by atoms with Crippen molar-refractivity contribution in [3.05, 3.63) is 60.2 Å². The van der Waals surface area contributed by atoms with Crippen LogP contribution >= 0.6 is 0 Å². The van der Waals surface area contributed by atoms with Crippen LogP contribution in [0.1, 0.15) is 32.8 Å². The predicted molar refractivity (Wildman–Crippen MR) is 116 cm³/mol. The van der Waals surface area contributed by atoms with Gasteiger partial charge in [-0.2, -0.15) is 4.31 Å². The van der Waals surface area contributed by atoms with Crippen molar-refractivity contribution in [2.45, 2.75) is 32.1 Å². The molecule has 6 nitrogen and oxygen atoms in total. The van der Waals surface area contributed by atoms with E-state index in [9.17, 15) is 13.2 Å². The van der Waals surface area contributed by atoms with Crippen LogP contribution in [0, 0.1) is 0 Å². The standard InChI is InChI=1S/C22H28N2O4S/c1-4-17-28-21-10-8-7-9-20(21)23-22(25)16-13-18-11-14-19(15-12-18)29(26,27)24(5-2)6-3/h7-16H,4-6,17H2,1-3H3,(H,23,25)/b16-13+. The average molecular weight is 417 g/mol. The fourth-order valence-electron chi connectivity index (χ4n) is 2.72. The first-order valence-electron chi connectivity index (χ1n) is 9.73. The van der Waals surface area contributed by atoms with Crippen LogP contribution in [0.4, 0.5) is 5.69 Å². The number of amides is 1. The molecule has 0 spiro atoms. The van der Waals surface area contributed by atoms with Crippen LogP contribution in [0.2, 0.25) is 0 Å². The maximum absolute atomic E-state index is 12.5. The zero-order valence-electron chi connectivity index (χ0n) is 17.1. The van der Waals surface area contributed by atoms with Crippen LogP contribution < -0.4 is 10.1 Å². The first-order chi connectivity index (χ1) is 13.9. The highest BCUT2D eigenvalue weighted by atomic mass is 32.2. The summed E-state index contributed by atoms with van der Waals surface area (Å²) >= 11 is 0. The van der Waals surface area contributed by atoms with E-state index in [0.717, 1.165) is 12.0 Å². The van der Waals surface area contributed by atoms with E-state index in [1.54, 1.807) is 36.4 Å². The molecule has 2 rings (SSSR count). The van der Waals surface area contributed by atoms with Gasteiger partial charge in [0.2, 0.25) is 15.9 Å². The molecular formula is C22H28N2O4S. The van der Waals surface area contributed by atoms with E-state index in [1.807, 2.05) is 39.0 Å². The molecule has 0 aliphatic carbocycles. The monoisotopic (exact) mass is 416 g/mol. The molecule has 2 aromatic rings. The second-order valence-electron chi connectivity index (χ2n) is 6.33. The molecule has 1 amide bonds. The van der Waals surface area contributed by atoms with Gasteiger partial charge in [0.05, 0.1) is 17.2 Å². The molecule has 0 radical (unpaired) electrons. The summed E-state index contributed by atoms with van der Waals surface area (Å²) in [7, 11) is -3.49. The average Bonchev–Trinajstić information content (AvgIpc) is 2.72. The van der Waals surface area contributed by atoms with E-state index in [1.165, 1.54) is 10.4 Å². The molecular weight excluding hydrogens is 388 g/mol. The highest BCUT2D eigenvalue weighted by Gasteiger charge is 2.20. The third kappa shape index (κ3) is 6.17. The molecule has 0 heterocycles. The van der Waals surface area contributed by atoms with Gasteiger partial charge in [0.1, 0.15) is 5.75 Å². The third-order valence-electron chi connectivity index (χ3n) is 4.26. The Bertz CT molecular complexity index is 934. The van der Waals surface area contributed by atoms with Crippen molar-refractivity contribution < 1.29 is 17.9 Å². The summed E-state index contributed by atoms with van der Waals surface area (Å²) in [5.74, 6) is 0.333. The summed E-state index contributed by atoms with van der Waals surface area (Å²) in [6, 6.07) is 13.7. The van der Waals surface area contributed by atoms with Gasteiger partial charge in [-0.25, -0.2) is 8.42 Å². The van der Waals surface area contributed by atoms with Gasteiger partial charge in [-0.3, -0.25) is 4.79 Å². The zero-order chi connectivity index (χ0) is 21.3. The third-order valence-corrected chi connectivity index (χ3v) is 6.32. The van der Waals surface area contributed by atoms with E-state index in [4.69, 9.17) is 4.74 Å². The van der Waals surface area contributed by atoms with Crippen LogP contribution in [-0.2, 0) is 14.8 Å². The van der Waals surface area contributed by atoms with Crippen LogP contribution in [0.25, 0.3) is 6.08 Å². The topological polar surface area (TPSA) is 75.7 Å². The number of hydrogen-bond donors (Lipinski definition) is 1. The Labute approximate surface area is 173 Å². The molecule has 156 valence electrons. The highest BCUT2D eigenvalue weighted by molar-refractivity contribution is 7.89. The number of benzene rings is 2. The minimum Gasteiger partial charge on any atom is -0.491 e. The Morgan fingerprint density at radius 2 is 1.69 bits per heavy atom. The molecule has 7 heteroatoms. The minimum absolute atomic E-state index is 0.241. The van der Waals surface area contributed by atoms with Gasteiger partial charge in [-0.1, -0.05) is 45.0 Å². The largest absolute Gasteiger partial charge is 0.491 e. The number of hydrogen-bond acceptors (Lipinski definition) is 4. The van der Waals surface area contributed by atoms with Gasteiger partial charge >= 0.3 is 0 Å². The number of carbonyl (C=O) groups is 1. The molecule has 2 aromatic carbocycles. The predicted octanol–water partition coefficient (Wildman–Crippen LogP) is 4.16. The number of nitrogens with one attached hydrogen (secondary N) is 1. The fraction of sp³-hybridized carbons (Fsp3) is 0.318. The molecule has 0 atom stereocenters. The van der Waals surface area contributed by atoms with Crippen LogP contribution in [-0.4, -0.2) is 38.3 Å².